The summed E-state index contributed by atoms with van der Waals surface area (Å²) in [5.74, 6) is -0.214. The van der Waals surface area contributed by atoms with E-state index in [1.54, 1.807) is 31.2 Å². The Bertz CT molecular complexity index is 1380. The fourth-order valence-corrected chi connectivity index (χ4v) is 3.25. The molecule has 0 aliphatic rings. The van der Waals surface area contributed by atoms with Gasteiger partial charge in [0.1, 0.15) is 18.1 Å². The maximum absolute atomic E-state index is 12.3. The zero-order valence-corrected chi connectivity index (χ0v) is 18.3. The number of furan rings is 1. The van der Waals surface area contributed by atoms with Crippen LogP contribution >= 0.6 is 0 Å². The van der Waals surface area contributed by atoms with Crippen LogP contribution in [0, 0.1) is 6.92 Å². The van der Waals surface area contributed by atoms with E-state index in [4.69, 9.17) is 9.15 Å². The van der Waals surface area contributed by atoms with E-state index >= 15 is 0 Å². The Kier molecular flexibility index (Phi) is 6.63. The number of carbonyl (C=O) groups excluding carboxylic acids is 1. The number of fused-ring (bicyclic) bond motifs is 1. The number of hydrogen-bond donors (Lipinski definition) is 2. The van der Waals surface area contributed by atoms with Gasteiger partial charge in [0.2, 0.25) is 0 Å². The smallest absolute Gasteiger partial charge is 0.508 e. The highest BCUT2D eigenvalue weighted by Gasteiger charge is 2.30. The first-order valence-corrected chi connectivity index (χ1v) is 10.3. The average Bonchev–Trinajstić information content (AvgIpc) is 3.30. The van der Waals surface area contributed by atoms with Gasteiger partial charge in [-0.1, -0.05) is 12.1 Å². The predicted octanol–water partition coefficient (Wildman–Crippen LogP) is 5.69. The lowest BCUT2D eigenvalue weighted by atomic mass is 10.1. The largest absolute Gasteiger partial charge is 0.573 e. The third kappa shape index (κ3) is 5.91. The van der Waals surface area contributed by atoms with Crippen LogP contribution in [-0.4, -0.2) is 23.6 Å². The second-order valence-corrected chi connectivity index (χ2v) is 7.50. The topological polar surface area (TPSA) is 93.3 Å². The summed E-state index contributed by atoms with van der Waals surface area (Å²) in [5, 5.41) is 14.3. The van der Waals surface area contributed by atoms with Gasteiger partial charge in [-0.05, 0) is 66.6 Å². The molecule has 4 rings (SSSR count). The van der Waals surface area contributed by atoms with Crippen molar-refractivity contribution in [1.29, 1.82) is 0 Å². The Labute approximate surface area is 197 Å². The van der Waals surface area contributed by atoms with Gasteiger partial charge in [0.15, 0.2) is 11.3 Å². The van der Waals surface area contributed by atoms with Crippen molar-refractivity contribution in [3.63, 3.8) is 0 Å². The summed E-state index contributed by atoms with van der Waals surface area (Å²) in [6, 6.07) is 15.0. The van der Waals surface area contributed by atoms with E-state index in [0.29, 0.717) is 39.0 Å². The number of hydrazone groups is 1. The highest BCUT2D eigenvalue weighted by Crippen LogP contribution is 2.30. The third-order valence-electron chi connectivity index (χ3n) is 4.99. The van der Waals surface area contributed by atoms with Crippen LogP contribution in [0.5, 0.6) is 17.2 Å². The van der Waals surface area contributed by atoms with E-state index in [9.17, 15) is 23.1 Å². The first-order chi connectivity index (χ1) is 16.7. The lowest BCUT2D eigenvalue weighted by molar-refractivity contribution is -0.274. The summed E-state index contributed by atoms with van der Waals surface area (Å²) in [7, 11) is 0. The van der Waals surface area contributed by atoms with Crippen molar-refractivity contribution < 1.29 is 37.0 Å². The molecule has 0 saturated carbocycles. The minimum Gasteiger partial charge on any atom is -0.508 e. The molecule has 0 bridgehead atoms. The van der Waals surface area contributed by atoms with Crippen molar-refractivity contribution in [2.24, 2.45) is 5.10 Å². The SMILES string of the molecule is Cc1cc(C(=O)N/N=C/c2ccc(OCc3ccc(OC(F)(F)F)cc3)c3occc23)ccc1O. The number of phenolic OH excluding ortho intramolecular Hbond substituents is 1. The molecule has 0 unspecified atom stereocenters. The second kappa shape index (κ2) is 9.80. The Morgan fingerprint density at radius 1 is 1.11 bits per heavy atom. The fraction of sp³-hybridized carbons (Fsp3) is 0.120. The van der Waals surface area contributed by atoms with Crippen LogP contribution < -0.4 is 14.9 Å². The number of nitrogens with one attached hydrogen (secondary N) is 1. The molecule has 1 amide bonds. The zero-order chi connectivity index (χ0) is 25.0. The maximum atomic E-state index is 12.3. The van der Waals surface area contributed by atoms with Gasteiger partial charge in [-0.15, -0.1) is 13.2 Å². The molecule has 3 aromatic carbocycles. The fourth-order valence-electron chi connectivity index (χ4n) is 3.25. The second-order valence-electron chi connectivity index (χ2n) is 7.50. The number of benzene rings is 3. The van der Waals surface area contributed by atoms with Crippen LogP contribution in [0.25, 0.3) is 11.0 Å². The van der Waals surface area contributed by atoms with Crippen molar-refractivity contribution >= 4 is 23.1 Å². The number of aryl methyl sites for hydroxylation is 1. The van der Waals surface area contributed by atoms with E-state index in [-0.39, 0.29) is 18.1 Å². The van der Waals surface area contributed by atoms with E-state index in [1.807, 2.05) is 0 Å². The van der Waals surface area contributed by atoms with Gasteiger partial charge in [0.25, 0.3) is 5.91 Å². The number of rotatable bonds is 7. The monoisotopic (exact) mass is 484 g/mol. The minimum absolute atomic E-state index is 0.0949. The number of aromatic hydroxyl groups is 1. The number of hydrogen-bond acceptors (Lipinski definition) is 6. The van der Waals surface area contributed by atoms with Crippen LogP contribution in [-0.2, 0) is 6.61 Å². The lowest BCUT2D eigenvalue weighted by Gasteiger charge is -2.10. The van der Waals surface area contributed by atoms with Gasteiger partial charge in [0.05, 0.1) is 12.5 Å². The molecule has 0 aliphatic heterocycles. The minimum atomic E-state index is -4.75. The van der Waals surface area contributed by atoms with Crippen LogP contribution in [0.3, 0.4) is 0 Å². The Morgan fingerprint density at radius 2 is 1.89 bits per heavy atom. The molecule has 1 heterocycles. The number of carbonyl (C=O) groups is 1. The Morgan fingerprint density at radius 3 is 2.60 bits per heavy atom. The summed E-state index contributed by atoms with van der Waals surface area (Å²) in [4.78, 5) is 12.3. The van der Waals surface area contributed by atoms with Crippen molar-refractivity contribution in [3.8, 4) is 17.2 Å². The summed E-state index contributed by atoms with van der Waals surface area (Å²) in [6.45, 7) is 1.78. The van der Waals surface area contributed by atoms with Gasteiger partial charge in [-0.3, -0.25) is 4.79 Å². The number of ether oxygens (including phenoxy) is 2. The molecule has 0 aliphatic carbocycles. The van der Waals surface area contributed by atoms with E-state index in [2.05, 4.69) is 15.3 Å². The molecule has 0 fully saturated rings. The molecule has 7 nitrogen and oxygen atoms in total. The summed E-state index contributed by atoms with van der Waals surface area (Å²) < 4.78 is 52.0. The molecule has 0 radical (unpaired) electrons. The number of phenols is 1. The average molecular weight is 484 g/mol. The first kappa shape index (κ1) is 23.7. The zero-order valence-electron chi connectivity index (χ0n) is 18.3. The van der Waals surface area contributed by atoms with Gasteiger partial charge in [0, 0.05) is 16.5 Å². The summed E-state index contributed by atoms with van der Waals surface area (Å²) in [6.07, 6.45) is -1.80. The standard InChI is InChI=1S/C25H19F3N2O5/c1-15-12-17(4-8-21(15)31)24(32)30-29-13-18-5-9-22(23-20(18)10-11-33-23)34-14-16-2-6-19(7-3-16)35-25(26,27)28/h2-13,31H,14H2,1H3,(H,30,32)/b29-13+. The molecule has 35 heavy (non-hydrogen) atoms. The molecule has 10 heteroatoms. The van der Waals surface area contributed by atoms with E-state index in [0.717, 1.165) is 0 Å². The number of alkyl halides is 3. The Hall–Kier alpha value is -4.47. The van der Waals surface area contributed by atoms with Crippen LogP contribution in [0.4, 0.5) is 13.2 Å². The quantitative estimate of drug-likeness (QED) is 0.260. The lowest BCUT2D eigenvalue weighted by Crippen LogP contribution is -2.17. The van der Waals surface area contributed by atoms with Crippen LogP contribution in [0.1, 0.15) is 27.0 Å². The van der Waals surface area contributed by atoms with Crippen molar-refractivity contribution in [3.05, 3.63) is 89.2 Å². The van der Waals surface area contributed by atoms with Crippen LogP contribution in [0.2, 0.25) is 0 Å². The number of amides is 1. The first-order valence-electron chi connectivity index (χ1n) is 10.3. The van der Waals surface area contributed by atoms with Crippen molar-refractivity contribution in [1.82, 2.24) is 5.43 Å². The molecule has 1 aromatic heterocycles. The highest BCUT2D eigenvalue weighted by atomic mass is 19.4. The third-order valence-corrected chi connectivity index (χ3v) is 4.99. The van der Waals surface area contributed by atoms with Crippen molar-refractivity contribution in [2.75, 3.05) is 0 Å². The summed E-state index contributed by atoms with van der Waals surface area (Å²) >= 11 is 0. The normalized spacial score (nSPS) is 11.7. The van der Waals surface area contributed by atoms with Crippen molar-refractivity contribution in [2.45, 2.75) is 19.9 Å². The maximum Gasteiger partial charge on any atom is 0.573 e. The van der Waals surface area contributed by atoms with Gasteiger partial charge in [-0.2, -0.15) is 5.10 Å². The number of nitrogens with zero attached hydrogens (tertiary/aromatic N) is 1. The molecular weight excluding hydrogens is 465 g/mol. The van der Waals surface area contributed by atoms with E-state index in [1.165, 1.54) is 48.9 Å². The molecule has 0 saturated heterocycles. The Balaban J connectivity index is 1.42. The predicted molar refractivity (Wildman–Crippen MR) is 122 cm³/mol. The van der Waals surface area contributed by atoms with Crippen LogP contribution in [0.15, 0.2) is 76.4 Å². The molecule has 0 spiro atoms. The molecule has 180 valence electrons. The molecule has 2 N–H and O–H groups in total. The van der Waals surface area contributed by atoms with E-state index < -0.39 is 12.3 Å². The van der Waals surface area contributed by atoms with Gasteiger partial charge >= 0.3 is 6.36 Å². The number of halogens is 3. The highest BCUT2D eigenvalue weighted by molar-refractivity contribution is 6.01. The van der Waals surface area contributed by atoms with Gasteiger partial charge in [-0.25, -0.2) is 5.43 Å². The molecule has 0 atom stereocenters. The summed E-state index contributed by atoms with van der Waals surface area (Å²) in [5.41, 5.74) is 5.11. The van der Waals surface area contributed by atoms with Gasteiger partial charge < -0.3 is 19.0 Å². The molecular formula is C25H19F3N2O5. The molecule has 4 aromatic rings.